The molecule has 0 aliphatic heterocycles. The van der Waals surface area contributed by atoms with Gasteiger partial charge >= 0.3 is 0 Å². The molecular formula is C49H32N2O. The molecule has 0 amide bonds. The lowest BCUT2D eigenvalue weighted by Gasteiger charge is -2.27. The topological polar surface area (TPSA) is 29.3 Å². The van der Waals surface area contributed by atoms with Gasteiger partial charge in [0.05, 0.1) is 5.69 Å². The van der Waals surface area contributed by atoms with Crippen LogP contribution in [0.4, 0.5) is 17.1 Å². The molecule has 10 aromatic rings. The number of furan rings is 1. The Morgan fingerprint density at radius 3 is 1.65 bits per heavy atom. The Morgan fingerprint density at radius 2 is 0.904 bits per heavy atom. The van der Waals surface area contributed by atoms with Crippen LogP contribution in [0.15, 0.2) is 199 Å². The Labute approximate surface area is 301 Å². The van der Waals surface area contributed by atoms with E-state index in [9.17, 15) is 0 Å². The molecule has 0 aliphatic rings. The lowest BCUT2D eigenvalue weighted by molar-refractivity contribution is 0.657. The van der Waals surface area contributed by atoms with Crippen molar-refractivity contribution in [2.45, 2.75) is 0 Å². The van der Waals surface area contributed by atoms with E-state index in [0.29, 0.717) is 5.71 Å². The first kappa shape index (κ1) is 29.9. The van der Waals surface area contributed by atoms with E-state index in [1.54, 1.807) is 6.20 Å². The lowest BCUT2D eigenvalue weighted by atomic mass is 9.96. The van der Waals surface area contributed by atoms with Gasteiger partial charge in [-0.25, -0.2) is 4.98 Å². The monoisotopic (exact) mass is 664 g/mol. The zero-order valence-electron chi connectivity index (χ0n) is 28.3. The van der Waals surface area contributed by atoms with Crippen LogP contribution in [0.5, 0.6) is 0 Å². The van der Waals surface area contributed by atoms with E-state index in [4.69, 9.17) is 4.42 Å². The van der Waals surface area contributed by atoms with Gasteiger partial charge in [0, 0.05) is 39.1 Å². The van der Waals surface area contributed by atoms with Gasteiger partial charge in [-0.05, 0) is 92.7 Å². The van der Waals surface area contributed by atoms with Crippen molar-refractivity contribution in [2.75, 3.05) is 4.90 Å². The van der Waals surface area contributed by atoms with Crippen LogP contribution in [0.25, 0.3) is 77.0 Å². The van der Waals surface area contributed by atoms with Crippen LogP contribution in [0.2, 0.25) is 0 Å². The summed E-state index contributed by atoms with van der Waals surface area (Å²) in [4.78, 5) is 6.84. The number of hydrogen-bond donors (Lipinski definition) is 0. The predicted octanol–water partition coefficient (Wildman–Crippen LogP) is 13.8. The molecular weight excluding hydrogens is 633 g/mol. The van der Waals surface area contributed by atoms with Crippen molar-refractivity contribution in [3.05, 3.63) is 194 Å². The second kappa shape index (κ2) is 12.4. The van der Waals surface area contributed by atoms with Crippen LogP contribution in [0.1, 0.15) is 0 Å². The molecule has 52 heavy (non-hydrogen) atoms. The highest BCUT2D eigenvalue weighted by atomic mass is 16.3. The first-order valence-corrected chi connectivity index (χ1v) is 17.6. The number of nitrogens with zero attached hydrogens (tertiary/aromatic N) is 2. The standard InChI is InChI=1S/C49H32N2O/c1-2-9-33(10-3-1)35-22-26-39(27-23-35)51(47-17-7-15-44-43(47)30-31-45-46-16-8-32-50-49(46)52-48(44)45)40-28-24-36(25-29-40)34-18-20-38(21-19-34)42-14-6-12-37-11-4-5-13-41(37)42/h1-32H. The van der Waals surface area contributed by atoms with Crippen LogP contribution in [-0.4, -0.2) is 4.98 Å². The summed E-state index contributed by atoms with van der Waals surface area (Å²) in [6.45, 7) is 0. The molecule has 8 aromatic carbocycles. The van der Waals surface area contributed by atoms with E-state index in [1.165, 1.54) is 44.2 Å². The molecule has 0 saturated heterocycles. The Balaban J connectivity index is 1.06. The van der Waals surface area contributed by atoms with E-state index in [2.05, 4.69) is 192 Å². The molecule has 0 fully saturated rings. The second-order valence-electron chi connectivity index (χ2n) is 13.2. The molecule has 0 N–H and O–H groups in total. The molecule has 3 heteroatoms. The van der Waals surface area contributed by atoms with Crippen LogP contribution in [-0.2, 0) is 0 Å². The molecule has 0 bridgehead atoms. The maximum atomic E-state index is 6.37. The van der Waals surface area contributed by atoms with Crippen molar-refractivity contribution in [2.24, 2.45) is 0 Å². The van der Waals surface area contributed by atoms with Crippen molar-refractivity contribution in [3.63, 3.8) is 0 Å². The smallest absolute Gasteiger partial charge is 0.227 e. The number of rotatable bonds is 6. The van der Waals surface area contributed by atoms with Gasteiger partial charge in [0.1, 0.15) is 5.58 Å². The number of pyridine rings is 1. The zero-order valence-corrected chi connectivity index (χ0v) is 28.3. The van der Waals surface area contributed by atoms with Crippen molar-refractivity contribution in [3.8, 4) is 33.4 Å². The fourth-order valence-electron chi connectivity index (χ4n) is 7.59. The summed E-state index contributed by atoms with van der Waals surface area (Å²) in [5.41, 5.74) is 11.9. The highest BCUT2D eigenvalue weighted by molar-refractivity contribution is 6.17. The number of benzene rings is 8. The van der Waals surface area contributed by atoms with Crippen molar-refractivity contribution < 1.29 is 4.42 Å². The summed E-state index contributed by atoms with van der Waals surface area (Å²) in [6, 6.07) is 67.1. The van der Waals surface area contributed by atoms with Crippen LogP contribution in [0, 0.1) is 0 Å². The summed E-state index contributed by atoms with van der Waals surface area (Å²) < 4.78 is 6.37. The van der Waals surface area contributed by atoms with Gasteiger partial charge in [-0.1, -0.05) is 140 Å². The third-order valence-corrected chi connectivity index (χ3v) is 10.2. The first-order chi connectivity index (χ1) is 25.8. The Kier molecular flexibility index (Phi) is 7.14. The summed E-state index contributed by atoms with van der Waals surface area (Å²) in [6.07, 6.45) is 1.78. The first-order valence-electron chi connectivity index (χ1n) is 17.6. The van der Waals surface area contributed by atoms with Gasteiger partial charge in [-0.15, -0.1) is 0 Å². The summed E-state index contributed by atoms with van der Waals surface area (Å²) >= 11 is 0. The average molecular weight is 665 g/mol. The fraction of sp³-hybridized carbons (Fsp3) is 0. The third-order valence-electron chi connectivity index (χ3n) is 10.2. The minimum absolute atomic E-state index is 0.657. The Hall–Kier alpha value is -6.97. The van der Waals surface area contributed by atoms with Crippen LogP contribution in [0.3, 0.4) is 0 Å². The minimum Gasteiger partial charge on any atom is -0.437 e. The normalized spacial score (nSPS) is 11.5. The SMILES string of the molecule is c1ccc(-c2ccc(N(c3ccc(-c4ccc(-c5cccc6ccccc56)cc4)cc3)c3cccc4c3ccc3c5cccnc5oc43)cc2)cc1. The van der Waals surface area contributed by atoms with Crippen LogP contribution >= 0.6 is 0 Å². The fourth-order valence-corrected chi connectivity index (χ4v) is 7.59. The van der Waals surface area contributed by atoms with Crippen molar-refractivity contribution in [1.82, 2.24) is 4.98 Å². The molecule has 0 unspecified atom stereocenters. The van der Waals surface area contributed by atoms with Gasteiger partial charge in [0.15, 0.2) is 0 Å². The number of anilines is 3. The predicted molar refractivity (Wildman–Crippen MR) is 218 cm³/mol. The molecule has 244 valence electrons. The molecule has 0 aliphatic carbocycles. The quantitative estimate of drug-likeness (QED) is 0.177. The van der Waals surface area contributed by atoms with E-state index < -0.39 is 0 Å². The molecule has 3 nitrogen and oxygen atoms in total. The van der Waals surface area contributed by atoms with Crippen molar-refractivity contribution >= 4 is 60.7 Å². The third kappa shape index (κ3) is 5.10. The van der Waals surface area contributed by atoms with E-state index >= 15 is 0 Å². The minimum atomic E-state index is 0.657. The van der Waals surface area contributed by atoms with Gasteiger partial charge in [-0.3, -0.25) is 0 Å². The maximum Gasteiger partial charge on any atom is 0.227 e. The van der Waals surface area contributed by atoms with Gasteiger partial charge in [0.2, 0.25) is 5.71 Å². The van der Waals surface area contributed by atoms with E-state index in [-0.39, 0.29) is 0 Å². The maximum absolute atomic E-state index is 6.37. The summed E-state index contributed by atoms with van der Waals surface area (Å²) in [5.74, 6) is 0. The molecule has 0 atom stereocenters. The molecule has 0 spiro atoms. The van der Waals surface area contributed by atoms with Crippen molar-refractivity contribution in [1.29, 1.82) is 0 Å². The van der Waals surface area contributed by atoms with E-state index in [1.807, 2.05) is 6.07 Å². The molecule has 0 saturated carbocycles. The van der Waals surface area contributed by atoms with Crippen LogP contribution < -0.4 is 4.90 Å². The number of hydrogen-bond acceptors (Lipinski definition) is 3. The van der Waals surface area contributed by atoms with E-state index in [0.717, 1.165) is 44.2 Å². The lowest BCUT2D eigenvalue weighted by Crippen LogP contribution is -2.10. The van der Waals surface area contributed by atoms with Gasteiger partial charge in [0.25, 0.3) is 0 Å². The molecule has 0 radical (unpaired) electrons. The molecule has 2 aromatic heterocycles. The number of fused-ring (bicyclic) bond motifs is 6. The molecule has 10 rings (SSSR count). The second-order valence-corrected chi connectivity index (χ2v) is 13.2. The summed E-state index contributed by atoms with van der Waals surface area (Å²) in [7, 11) is 0. The van der Waals surface area contributed by atoms with Gasteiger partial charge in [-0.2, -0.15) is 0 Å². The highest BCUT2D eigenvalue weighted by Crippen LogP contribution is 2.43. The average Bonchev–Trinajstić information content (AvgIpc) is 3.61. The Morgan fingerprint density at radius 1 is 0.365 bits per heavy atom. The number of aromatic nitrogens is 1. The largest absolute Gasteiger partial charge is 0.437 e. The Bertz CT molecular complexity index is 2870. The molecule has 2 heterocycles. The van der Waals surface area contributed by atoms with Gasteiger partial charge < -0.3 is 9.32 Å². The summed E-state index contributed by atoms with van der Waals surface area (Å²) in [5, 5.41) is 6.78. The highest BCUT2D eigenvalue weighted by Gasteiger charge is 2.19. The zero-order chi connectivity index (χ0) is 34.4.